The molecule has 1 aromatic carbocycles. The van der Waals surface area contributed by atoms with Crippen LogP contribution in [0.5, 0.6) is 0 Å². The van der Waals surface area contributed by atoms with Crippen LogP contribution in [-0.2, 0) is 4.79 Å². The fraction of sp³-hybridized carbons (Fsp3) is 0.300. The Labute approximate surface area is 96.7 Å². The molecule has 0 aliphatic carbocycles. The predicted octanol–water partition coefficient (Wildman–Crippen LogP) is 2.00. The zero-order valence-electron chi connectivity index (χ0n) is 7.66. The molecule has 0 radical (unpaired) electrons. The number of aliphatic hydroxyl groups is 1. The van der Waals surface area contributed by atoms with Gasteiger partial charge in [0.1, 0.15) is 0 Å². The van der Waals surface area contributed by atoms with Crippen molar-refractivity contribution in [2.45, 2.75) is 12.8 Å². The summed E-state index contributed by atoms with van der Waals surface area (Å²) < 4.78 is 1.14. The molecule has 1 amide bonds. The number of nitrogens with one attached hydrogen (secondary N) is 1. The average molecular weight is 305 g/mol. The highest BCUT2D eigenvalue weighted by molar-refractivity contribution is 14.1. The van der Waals surface area contributed by atoms with E-state index in [9.17, 15) is 4.79 Å². The smallest absolute Gasteiger partial charge is 0.224 e. The molecule has 0 bridgehead atoms. The molecule has 4 heteroatoms. The molecule has 0 aliphatic heterocycles. The third-order valence-corrected chi connectivity index (χ3v) is 2.41. The Morgan fingerprint density at radius 2 is 2.00 bits per heavy atom. The number of carbonyl (C=O) groups excluding carboxylic acids is 1. The summed E-state index contributed by atoms with van der Waals surface area (Å²) in [5.74, 6) is -0.0553. The molecule has 1 aromatic rings. The lowest BCUT2D eigenvalue weighted by Crippen LogP contribution is -2.11. The molecule has 0 fully saturated rings. The second-order valence-corrected chi connectivity index (χ2v) is 4.13. The highest BCUT2D eigenvalue weighted by Crippen LogP contribution is 2.11. The molecular weight excluding hydrogens is 293 g/mol. The molecule has 0 atom stereocenters. The van der Waals surface area contributed by atoms with Gasteiger partial charge in [0, 0.05) is 22.3 Å². The number of rotatable bonds is 4. The van der Waals surface area contributed by atoms with Crippen LogP contribution in [0.1, 0.15) is 12.8 Å². The van der Waals surface area contributed by atoms with E-state index >= 15 is 0 Å². The maximum absolute atomic E-state index is 11.2. The summed E-state index contributed by atoms with van der Waals surface area (Å²) in [6.07, 6.45) is 0.874. The van der Waals surface area contributed by atoms with Gasteiger partial charge in [-0.25, -0.2) is 0 Å². The van der Waals surface area contributed by atoms with Gasteiger partial charge in [0.05, 0.1) is 0 Å². The molecule has 0 saturated carbocycles. The van der Waals surface area contributed by atoms with Crippen molar-refractivity contribution in [1.29, 1.82) is 0 Å². The van der Waals surface area contributed by atoms with Crippen molar-refractivity contribution >= 4 is 34.2 Å². The topological polar surface area (TPSA) is 49.3 Å². The molecule has 0 aromatic heterocycles. The van der Waals surface area contributed by atoms with E-state index in [4.69, 9.17) is 5.11 Å². The van der Waals surface area contributed by atoms with Crippen LogP contribution in [0.4, 0.5) is 5.69 Å². The van der Waals surface area contributed by atoms with Crippen molar-refractivity contribution in [2.24, 2.45) is 0 Å². The first-order chi connectivity index (χ1) is 6.72. The lowest BCUT2D eigenvalue weighted by molar-refractivity contribution is -0.116. The van der Waals surface area contributed by atoms with Crippen molar-refractivity contribution in [3.63, 3.8) is 0 Å². The van der Waals surface area contributed by atoms with Gasteiger partial charge in [0.2, 0.25) is 5.91 Å². The summed E-state index contributed by atoms with van der Waals surface area (Å²) >= 11 is 2.21. The fourth-order valence-electron chi connectivity index (χ4n) is 0.996. The SMILES string of the molecule is O=C(CCCO)Nc1ccc(I)cc1. The number of aliphatic hydroxyl groups excluding tert-OH is 1. The Bertz CT molecular complexity index is 297. The van der Waals surface area contributed by atoms with Crippen LogP contribution in [0.15, 0.2) is 24.3 Å². The average Bonchev–Trinajstić information content (AvgIpc) is 2.18. The maximum Gasteiger partial charge on any atom is 0.224 e. The minimum atomic E-state index is -0.0553. The van der Waals surface area contributed by atoms with E-state index in [-0.39, 0.29) is 12.5 Å². The van der Waals surface area contributed by atoms with Crippen LogP contribution in [0.3, 0.4) is 0 Å². The lowest BCUT2D eigenvalue weighted by Gasteiger charge is -2.03. The second kappa shape index (κ2) is 5.98. The van der Waals surface area contributed by atoms with Gasteiger partial charge >= 0.3 is 0 Å². The van der Waals surface area contributed by atoms with E-state index in [1.807, 2.05) is 24.3 Å². The van der Waals surface area contributed by atoms with Crippen LogP contribution >= 0.6 is 22.6 Å². The van der Waals surface area contributed by atoms with Gasteiger partial charge < -0.3 is 10.4 Å². The standard InChI is InChI=1S/C10H12INO2/c11-8-3-5-9(6-4-8)12-10(14)2-1-7-13/h3-6,13H,1-2,7H2,(H,12,14). The predicted molar refractivity (Wildman–Crippen MR) is 64.1 cm³/mol. The van der Waals surface area contributed by atoms with Gasteiger partial charge in [-0.3, -0.25) is 4.79 Å². The zero-order chi connectivity index (χ0) is 10.4. The minimum absolute atomic E-state index is 0.0553. The van der Waals surface area contributed by atoms with Gasteiger partial charge in [-0.15, -0.1) is 0 Å². The lowest BCUT2D eigenvalue weighted by atomic mass is 10.3. The molecule has 0 unspecified atom stereocenters. The molecule has 76 valence electrons. The Morgan fingerprint density at radius 1 is 1.36 bits per heavy atom. The number of halogens is 1. The zero-order valence-corrected chi connectivity index (χ0v) is 9.82. The van der Waals surface area contributed by atoms with Gasteiger partial charge in [-0.2, -0.15) is 0 Å². The number of anilines is 1. The number of benzene rings is 1. The van der Waals surface area contributed by atoms with Crippen LogP contribution in [0.2, 0.25) is 0 Å². The quantitative estimate of drug-likeness (QED) is 0.836. The molecule has 0 saturated heterocycles. The summed E-state index contributed by atoms with van der Waals surface area (Å²) in [4.78, 5) is 11.2. The molecular formula is C10H12INO2. The van der Waals surface area contributed by atoms with Crippen molar-refractivity contribution in [3.05, 3.63) is 27.8 Å². The van der Waals surface area contributed by atoms with Gasteiger partial charge in [-0.05, 0) is 53.3 Å². The van der Waals surface area contributed by atoms with Gasteiger partial charge in [-0.1, -0.05) is 0 Å². The Morgan fingerprint density at radius 3 is 2.57 bits per heavy atom. The van der Waals surface area contributed by atoms with E-state index in [1.165, 1.54) is 0 Å². The normalized spacial score (nSPS) is 9.86. The molecule has 2 N–H and O–H groups in total. The van der Waals surface area contributed by atoms with Gasteiger partial charge in [0.15, 0.2) is 0 Å². The second-order valence-electron chi connectivity index (χ2n) is 2.88. The van der Waals surface area contributed by atoms with E-state index in [0.29, 0.717) is 12.8 Å². The largest absolute Gasteiger partial charge is 0.396 e. The van der Waals surface area contributed by atoms with Crippen molar-refractivity contribution in [2.75, 3.05) is 11.9 Å². The fourth-order valence-corrected chi connectivity index (χ4v) is 1.36. The first-order valence-corrected chi connectivity index (χ1v) is 5.46. The summed E-state index contributed by atoms with van der Waals surface area (Å²) in [5.41, 5.74) is 0.799. The van der Waals surface area contributed by atoms with E-state index in [1.54, 1.807) is 0 Å². The van der Waals surface area contributed by atoms with E-state index in [2.05, 4.69) is 27.9 Å². The number of hydrogen-bond acceptors (Lipinski definition) is 2. The summed E-state index contributed by atoms with van der Waals surface area (Å²) in [7, 11) is 0. The van der Waals surface area contributed by atoms with Crippen molar-refractivity contribution in [1.82, 2.24) is 0 Å². The molecule has 14 heavy (non-hydrogen) atoms. The Balaban J connectivity index is 2.44. The van der Waals surface area contributed by atoms with Crippen LogP contribution in [0.25, 0.3) is 0 Å². The van der Waals surface area contributed by atoms with Crippen LogP contribution in [0, 0.1) is 3.57 Å². The molecule has 3 nitrogen and oxygen atoms in total. The highest BCUT2D eigenvalue weighted by Gasteiger charge is 2.00. The molecule has 0 aliphatic rings. The summed E-state index contributed by atoms with van der Waals surface area (Å²) in [5, 5.41) is 11.3. The van der Waals surface area contributed by atoms with Crippen molar-refractivity contribution < 1.29 is 9.90 Å². The molecule has 1 rings (SSSR count). The molecule has 0 spiro atoms. The van der Waals surface area contributed by atoms with E-state index < -0.39 is 0 Å². The Hall–Kier alpha value is -0.620. The first kappa shape index (κ1) is 11.5. The van der Waals surface area contributed by atoms with Gasteiger partial charge in [0.25, 0.3) is 0 Å². The van der Waals surface area contributed by atoms with E-state index in [0.717, 1.165) is 9.26 Å². The van der Waals surface area contributed by atoms with Crippen molar-refractivity contribution in [3.8, 4) is 0 Å². The van der Waals surface area contributed by atoms with Crippen LogP contribution < -0.4 is 5.32 Å². The monoisotopic (exact) mass is 305 g/mol. The highest BCUT2D eigenvalue weighted by atomic mass is 127. The minimum Gasteiger partial charge on any atom is -0.396 e. The third-order valence-electron chi connectivity index (χ3n) is 1.69. The third kappa shape index (κ3) is 4.06. The number of amides is 1. The Kier molecular flexibility index (Phi) is 4.89. The first-order valence-electron chi connectivity index (χ1n) is 4.38. The number of hydrogen-bond donors (Lipinski definition) is 2. The maximum atomic E-state index is 11.2. The summed E-state index contributed by atoms with van der Waals surface area (Å²) in [6, 6.07) is 7.58. The summed E-state index contributed by atoms with van der Waals surface area (Å²) in [6.45, 7) is 0.0557. The molecule has 0 heterocycles. The van der Waals surface area contributed by atoms with Crippen LogP contribution in [-0.4, -0.2) is 17.6 Å². The number of carbonyl (C=O) groups is 1.